The fraction of sp³-hybridized carbons (Fsp3) is 0.227. The van der Waals surface area contributed by atoms with Crippen molar-refractivity contribution in [2.24, 2.45) is 0 Å². The predicted molar refractivity (Wildman–Crippen MR) is 108 cm³/mol. The monoisotopic (exact) mass is 380 g/mol. The van der Waals surface area contributed by atoms with Gasteiger partial charge < -0.3 is 15.4 Å². The molecule has 2 aromatic rings. The highest BCUT2D eigenvalue weighted by Crippen LogP contribution is 2.17. The molecule has 2 rings (SSSR count). The molecule has 6 nitrogen and oxygen atoms in total. The summed E-state index contributed by atoms with van der Waals surface area (Å²) in [6.07, 6.45) is 0.458. The van der Waals surface area contributed by atoms with Crippen molar-refractivity contribution in [1.29, 1.82) is 0 Å². The number of nitrogens with one attached hydrogen (secondary N) is 2. The van der Waals surface area contributed by atoms with Gasteiger partial charge in [0.05, 0.1) is 0 Å². The molecule has 0 fully saturated rings. The smallest absolute Gasteiger partial charge is 0.355 e. The molecule has 0 saturated heterocycles. The van der Waals surface area contributed by atoms with Gasteiger partial charge in [-0.1, -0.05) is 42.5 Å². The molecule has 0 spiro atoms. The number of rotatable bonds is 6. The zero-order valence-electron chi connectivity index (χ0n) is 16.4. The molecule has 2 aromatic carbocycles. The minimum Gasteiger partial charge on any atom is -0.448 e. The highest BCUT2D eigenvalue weighted by atomic mass is 16.5. The van der Waals surface area contributed by atoms with Crippen LogP contribution in [0.4, 0.5) is 5.69 Å². The molecule has 0 heterocycles. The van der Waals surface area contributed by atoms with Gasteiger partial charge in [0.15, 0.2) is 6.10 Å². The topological polar surface area (TPSA) is 84.5 Å². The maximum atomic E-state index is 12.5. The largest absolute Gasteiger partial charge is 0.448 e. The average Bonchev–Trinajstić information content (AvgIpc) is 2.64. The minimum absolute atomic E-state index is 0.0370. The summed E-state index contributed by atoms with van der Waals surface area (Å²) >= 11 is 0. The average molecular weight is 380 g/mol. The summed E-state index contributed by atoms with van der Waals surface area (Å²) in [4.78, 5) is 36.3. The summed E-state index contributed by atoms with van der Waals surface area (Å²) in [7, 11) is 0. The van der Waals surface area contributed by atoms with Crippen molar-refractivity contribution in [3.63, 3.8) is 0 Å². The Hall–Kier alpha value is -3.41. The first-order chi connectivity index (χ1) is 13.3. The summed E-state index contributed by atoms with van der Waals surface area (Å²) in [5.74, 6) is -1.65. The van der Waals surface area contributed by atoms with E-state index < -0.39 is 23.9 Å². The van der Waals surface area contributed by atoms with Crippen LogP contribution in [-0.2, 0) is 19.1 Å². The van der Waals surface area contributed by atoms with Gasteiger partial charge in [0, 0.05) is 12.6 Å². The van der Waals surface area contributed by atoms with Crippen LogP contribution in [0.3, 0.4) is 0 Å². The second-order valence-electron chi connectivity index (χ2n) is 6.51. The molecule has 0 saturated carbocycles. The normalized spacial score (nSPS) is 12.1. The Labute approximate surface area is 164 Å². The van der Waals surface area contributed by atoms with Crippen molar-refractivity contribution in [3.05, 3.63) is 70.9 Å². The van der Waals surface area contributed by atoms with E-state index in [9.17, 15) is 14.4 Å². The van der Waals surface area contributed by atoms with E-state index in [0.29, 0.717) is 5.69 Å². The Morgan fingerprint density at radius 2 is 1.71 bits per heavy atom. The molecule has 28 heavy (non-hydrogen) atoms. The number of carbonyl (C=O) groups excluding carboxylic acids is 3. The maximum absolute atomic E-state index is 12.5. The molecule has 0 bridgehead atoms. The van der Waals surface area contributed by atoms with Crippen LogP contribution in [-0.4, -0.2) is 23.9 Å². The van der Waals surface area contributed by atoms with E-state index in [4.69, 9.17) is 4.74 Å². The van der Waals surface area contributed by atoms with Crippen molar-refractivity contribution >= 4 is 29.5 Å². The predicted octanol–water partition coefficient (Wildman–Crippen LogP) is 3.35. The number of hydrogen-bond acceptors (Lipinski definition) is 4. The lowest BCUT2D eigenvalue weighted by Crippen LogP contribution is -2.34. The van der Waals surface area contributed by atoms with Gasteiger partial charge in [0.1, 0.15) is 5.70 Å². The van der Waals surface area contributed by atoms with Gasteiger partial charge in [-0.2, -0.15) is 0 Å². The number of esters is 1. The molecule has 2 amide bonds. The van der Waals surface area contributed by atoms with Crippen LogP contribution in [0.2, 0.25) is 0 Å². The first-order valence-electron chi connectivity index (χ1n) is 8.89. The second kappa shape index (κ2) is 9.50. The Bertz CT molecular complexity index is 904. The van der Waals surface area contributed by atoms with Gasteiger partial charge in [-0.25, -0.2) is 4.79 Å². The van der Waals surface area contributed by atoms with Crippen LogP contribution in [0.5, 0.6) is 0 Å². The fourth-order valence-electron chi connectivity index (χ4n) is 2.43. The van der Waals surface area contributed by atoms with Gasteiger partial charge in [0.25, 0.3) is 5.91 Å². The van der Waals surface area contributed by atoms with Gasteiger partial charge in [-0.3, -0.25) is 9.59 Å². The van der Waals surface area contributed by atoms with Gasteiger partial charge >= 0.3 is 5.97 Å². The zero-order valence-corrected chi connectivity index (χ0v) is 16.4. The quantitative estimate of drug-likeness (QED) is 0.595. The van der Waals surface area contributed by atoms with Crippen LogP contribution >= 0.6 is 0 Å². The first-order valence-corrected chi connectivity index (χ1v) is 8.89. The lowest BCUT2D eigenvalue weighted by atomic mass is 10.1. The summed E-state index contributed by atoms with van der Waals surface area (Å²) in [6, 6.07) is 14.7. The molecule has 146 valence electrons. The molecule has 0 aliphatic rings. The second-order valence-corrected chi connectivity index (χ2v) is 6.51. The third-order valence-corrected chi connectivity index (χ3v) is 3.95. The van der Waals surface area contributed by atoms with Crippen molar-refractivity contribution in [2.45, 2.75) is 33.8 Å². The SMILES string of the molecule is CC(=O)N/C(=C\c1ccccc1)C(=O)O[C@@H](C)C(=O)Nc1cc(C)ccc1C. The minimum atomic E-state index is -1.04. The van der Waals surface area contributed by atoms with Crippen molar-refractivity contribution in [1.82, 2.24) is 5.32 Å². The number of carbonyl (C=O) groups is 3. The standard InChI is InChI=1S/C22H24N2O4/c1-14-10-11-15(2)19(12-14)24-21(26)16(3)28-22(27)20(23-17(4)25)13-18-8-6-5-7-9-18/h5-13,16H,1-4H3,(H,23,25)(H,24,26)/b20-13-/t16-/m0/s1. The van der Waals surface area contributed by atoms with Crippen molar-refractivity contribution < 1.29 is 19.1 Å². The van der Waals surface area contributed by atoms with Crippen LogP contribution in [0.15, 0.2) is 54.2 Å². The number of amides is 2. The molecular weight excluding hydrogens is 356 g/mol. The number of anilines is 1. The van der Waals surface area contributed by atoms with E-state index in [2.05, 4.69) is 10.6 Å². The van der Waals surface area contributed by atoms with Crippen LogP contribution in [0.1, 0.15) is 30.5 Å². The third kappa shape index (κ3) is 6.09. The summed E-state index contributed by atoms with van der Waals surface area (Å²) in [6.45, 7) is 6.57. The van der Waals surface area contributed by atoms with E-state index in [0.717, 1.165) is 16.7 Å². The molecule has 2 N–H and O–H groups in total. The molecule has 0 unspecified atom stereocenters. The van der Waals surface area contributed by atoms with Gasteiger partial charge in [-0.15, -0.1) is 0 Å². The number of hydrogen-bond donors (Lipinski definition) is 2. The molecule has 0 aliphatic carbocycles. The van der Waals surface area contributed by atoms with E-state index in [1.165, 1.54) is 19.9 Å². The zero-order chi connectivity index (χ0) is 20.7. The number of aryl methyl sites for hydroxylation is 2. The summed E-state index contributed by atoms with van der Waals surface area (Å²) in [5.41, 5.74) is 3.25. The van der Waals surface area contributed by atoms with E-state index in [1.807, 2.05) is 50.2 Å². The van der Waals surface area contributed by atoms with Crippen LogP contribution in [0, 0.1) is 13.8 Å². The van der Waals surface area contributed by atoms with Crippen molar-refractivity contribution in [2.75, 3.05) is 5.32 Å². The highest BCUT2D eigenvalue weighted by Gasteiger charge is 2.21. The lowest BCUT2D eigenvalue weighted by molar-refractivity contribution is -0.149. The summed E-state index contributed by atoms with van der Waals surface area (Å²) < 4.78 is 5.26. The Kier molecular flexibility index (Phi) is 7.09. The van der Waals surface area contributed by atoms with Crippen LogP contribution in [0.25, 0.3) is 6.08 Å². The highest BCUT2D eigenvalue weighted by molar-refractivity contribution is 6.00. The van der Waals surface area contributed by atoms with E-state index >= 15 is 0 Å². The van der Waals surface area contributed by atoms with E-state index in [1.54, 1.807) is 12.1 Å². The van der Waals surface area contributed by atoms with E-state index in [-0.39, 0.29) is 5.70 Å². The Morgan fingerprint density at radius 3 is 2.36 bits per heavy atom. The third-order valence-electron chi connectivity index (χ3n) is 3.95. The van der Waals surface area contributed by atoms with Gasteiger partial charge in [-0.05, 0) is 49.6 Å². The molecule has 0 aromatic heterocycles. The Balaban J connectivity index is 2.11. The Morgan fingerprint density at radius 1 is 1.04 bits per heavy atom. The molecule has 0 radical (unpaired) electrons. The number of ether oxygens (including phenoxy) is 1. The molecular formula is C22H24N2O4. The first kappa shape index (κ1) is 20.9. The maximum Gasteiger partial charge on any atom is 0.355 e. The lowest BCUT2D eigenvalue weighted by Gasteiger charge is -2.16. The fourth-order valence-corrected chi connectivity index (χ4v) is 2.43. The van der Waals surface area contributed by atoms with Crippen molar-refractivity contribution in [3.8, 4) is 0 Å². The molecule has 6 heteroatoms. The van der Waals surface area contributed by atoms with Gasteiger partial charge in [0.2, 0.25) is 5.91 Å². The summed E-state index contributed by atoms with van der Waals surface area (Å²) in [5, 5.41) is 5.22. The molecule has 1 atom stereocenters. The number of benzene rings is 2. The molecule has 0 aliphatic heterocycles. The van der Waals surface area contributed by atoms with Crippen LogP contribution < -0.4 is 10.6 Å².